The van der Waals surface area contributed by atoms with Gasteiger partial charge in [0.05, 0.1) is 6.20 Å². The molecule has 0 amide bonds. The van der Waals surface area contributed by atoms with Gasteiger partial charge in [0.1, 0.15) is 5.82 Å². The molecule has 1 aromatic rings. The van der Waals surface area contributed by atoms with Crippen LogP contribution in [0.1, 0.15) is 12.0 Å². The second kappa shape index (κ2) is 4.34. The van der Waals surface area contributed by atoms with Gasteiger partial charge in [0.2, 0.25) is 0 Å². The van der Waals surface area contributed by atoms with Gasteiger partial charge in [-0.2, -0.15) is 12.6 Å². The Kier molecular flexibility index (Phi) is 3.36. The van der Waals surface area contributed by atoms with Crippen LogP contribution in [0, 0.1) is 5.82 Å². The molecule has 0 N–H and O–H groups in total. The summed E-state index contributed by atoms with van der Waals surface area (Å²) in [6.45, 7) is 0. The maximum absolute atomic E-state index is 12.8. The summed E-state index contributed by atoms with van der Waals surface area (Å²) in [6.07, 6.45) is 4.51. The quantitative estimate of drug-likeness (QED) is 0.687. The van der Waals surface area contributed by atoms with Crippen molar-refractivity contribution in [3.8, 4) is 0 Å². The van der Waals surface area contributed by atoms with Gasteiger partial charge in [-0.15, -0.1) is 0 Å². The SMILES string of the molecule is Fc1cnccc1CCCS. The number of rotatable bonds is 3. The van der Waals surface area contributed by atoms with Gasteiger partial charge in [0.25, 0.3) is 0 Å². The minimum Gasteiger partial charge on any atom is -0.262 e. The van der Waals surface area contributed by atoms with Crippen LogP contribution in [0.2, 0.25) is 0 Å². The molecule has 11 heavy (non-hydrogen) atoms. The topological polar surface area (TPSA) is 12.9 Å². The van der Waals surface area contributed by atoms with Crippen molar-refractivity contribution in [2.45, 2.75) is 12.8 Å². The Hall–Kier alpha value is -0.570. The van der Waals surface area contributed by atoms with Crippen LogP contribution < -0.4 is 0 Å². The highest BCUT2D eigenvalue weighted by molar-refractivity contribution is 7.80. The zero-order valence-electron chi connectivity index (χ0n) is 6.13. The van der Waals surface area contributed by atoms with Crippen molar-refractivity contribution in [1.82, 2.24) is 4.98 Å². The van der Waals surface area contributed by atoms with Gasteiger partial charge in [-0.25, -0.2) is 4.39 Å². The van der Waals surface area contributed by atoms with Crippen LogP contribution in [0.4, 0.5) is 4.39 Å². The molecule has 3 heteroatoms. The van der Waals surface area contributed by atoms with Crippen LogP contribution in [0.5, 0.6) is 0 Å². The first-order valence-electron chi connectivity index (χ1n) is 3.54. The summed E-state index contributed by atoms with van der Waals surface area (Å²) in [5.41, 5.74) is 0.731. The molecule has 0 fully saturated rings. The molecule has 0 aliphatic carbocycles. The van der Waals surface area contributed by atoms with Gasteiger partial charge >= 0.3 is 0 Å². The molecule has 1 nitrogen and oxygen atoms in total. The van der Waals surface area contributed by atoms with E-state index in [9.17, 15) is 4.39 Å². The molecule has 0 radical (unpaired) electrons. The number of thiol groups is 1. The third-order valence-electron chi connectivity index (χ3n) is 1.46. The Balaban J connectivity index is 2.62. The maximum atomic E-state index is 12.8. The molecule has 0 bridgehead atoms. The molecular weight excluding hydrogens is 161 g/mol. The third-order valence-corrected chi connectivity index (χ3v) is 1.78. The second-order valence-electron chi connectivity index (χ2n) is 2.29. The Morgan fingerprint density at radius 2 is 2.36 bits per heavy atom. The monoisotopic (exact) mass is 171 g/mol. The summed E-state index contributed by atoms with van der Waals surface area (Å²) < 4.78 is 12.8. The van der Waals surface area contributed by atoms with Crippen LogP contribution in [0.3, 0.4) is 0 Å². The van der Waals surface area contributed by atoms with Crippen molar-refractivity contribution in [3.63, 3.8) is 0 Å². The zero-order chi connectivity index (χ0) is 8.10. The number of hydrogen-bond acceptors (Lipinski definition) is 2. The number of nitrogens with zero attached hydrogens (tertiary/aromatic N) is 1. The van der Waals surface area contributed by atoms with E-state index in [2.05, 4.69) is 17.6 Å². The highest BCUT2D eigenvalue weighted by Crippen LogP contribution is 2.07. The average Bonchev–Trinajstić information content (AvgIpc) is 2.03. The van der Waals surface area contributed by atoms with Crippen LogP contribution in [-0.2, 0) is 6.42 Å². The molecule has 1 aromatic heterocycles. The smallest absolute Gasteiger partial charge is 0.144 e. The van der Waals surface area contributed by atoms with E-state index in [1.54, 1.807) is 12.3 Å². The number of halogens is 1. The molecule has 1 rings (SSSR count). The van der Waals surface area contributed by atoms with Gasteiger partial charge in [-0.3, -0.25) is 4.98 Å². The van der Waals surface area contributed by atoms with Gasteiger partial charge in [0, 0.05) is 6.20 Å². The van der Waals surface area contributed by atoms with Gasteiger partial charge in [0.15, 0.2) is 0 Å². The Morgan fingerprint density at radius 1 is 1.55 bits per heavy atom. The standard InChI is InChI=1S/C8H10FNS/c9-8-6-10-4-3-7(8)2-1-5-11/h3-4,6,11H,1-2,5H2. The van der Waals surface area contributed by atoms with Crippen LogP contribution in [0.25, 0.3) is 0 Å². The first-order chi connectivity index (χ1) is 5.34. The molecule has 0 aliphatic heterocycles. The summed E-state index contributed by atoms with van der Waals surface area (Å²) in [5, 5.41) is 0. The van der Waals surface area contributed by atoms with E-state index in [0.717, 1.165) is 24.2 Å². The predicted octanol–water partition coefficient (Wildman–Crippen LogP) is 2.08. The molecule has 1 heterocycles. The fraction of sp³-hybridized carbons (Fsp3) is 0.375. The van der Waals surface area contributed by atoms with Crippen LogP contribution in [0.15, 0.2) is 18.5 Å². The van der Waals surface area contributed by atoms with Gasteiger partial charge in [-0.05, 0) is 30.2 Å². The summed E-state index contributed by atoms with van der Waals surface area (Å²) in [7, 11) is 0. The van der Waals surface area contributed by atoms with Gasteiger partial charge < -0.3 is 0 Å². The normalized spacial score (nSPS) is 10.0. The van der Waals surface area contributed by atoms with Gasteiger partial charge in [-0.1, -0.05) is 0 Å². The molecular formula is C8H10FNS. The van der Waals surface area contributed by atoms with E-state index >= 15 is 0 Å². The van der Waals surface area contributed by atoms with Crippen molar-refractivity contribution in [2.75, 3.05) is 5.75 Å². The molecule has 0 aliphatic rings. The molecule has 0 spiro atoms. The second-order valence-corrected chi connectivity index (χ2v) is 2.74. The number of aryl methyl sites for hydroxylation is 1. The summed E-state index contributed by atoms with van der Waals surface area (Å²) in [5.74, 6) is 0.580. The Labute approximate surface area is 71.1 Å². The van der Waals surface area contributed by atoms with Crippen molar-refractivity contribution >= 4 is 12.6 Å². The van der Waals surface area contributed by atoms with E-state index in [1.807, 2.05) is 0 Å². The molecule has 0 aromatic carbocycles. The fourth-order valence-electron chi connectivity index (χ4n) is 0.876. The number of hydrogen-bond donors (Lipinski definition) is 1. The molecule has 0 atom stereocenters. The van der Waals surface area contributed by atoms with Crippen molar-refractivity contribution in [1.29, 1.82) is 0 Å². The Bertz CT molecular complexity index is 227. The lowest BCUT2D eigenvalue weighted by atomic mass is 10.1. The molecule has 0 saturated carbocycles. The summed E-state index contributed by atoms with van der Waals surface area (Å²) in [4.78, 5) is 3.66. The largest absolute Gasteiger partial charge is 0.262 e. The minimum atomic E-state index is -0.214. The lowest BCUT2D eigenvalue weighted by molar-refractivity contribution is 0.601. The molecule has 0 saturated heterocycles. The van der Waals surface area contributed by atoms with E-state index in [0.29, 0.717) is 0 Å². The molecule has 0 unspecified atom stereocenters. The van der Waals surface area contributed by atoms with Crippen molar-refractivity contribution in [3.05, 3.63) is 29.8 Å². The average molecular weight is 171 g/mol. The van der Waals surface area contributed by atoms with E-state index in [1.165, 1.54) is 6.20 Å². The Morgan fingerprint density at radius 3 is 3.00 bits per heavy atom. The lowest BCUT2D eigenvalue weighted by Gasteiger charge is -1.98. The maximum Gasteiger partial charge on any atom is 0.144 e. The first-order valence-corrected chi connectivity index (χ1v) is 4.17. The van der Waals surface area contributed by atoms with Crippen molar-refractivity contribution < 1.29 is 4.39 Å². The van der Waals surface area contributed by atoms with E-state index < -0.39 is 0 Å². The van der Waals surface area contributed by atoms with Crippen LogP contribution >= 0.6 is 12.6 Å². The number of pyridine rings is 1. The first kappa shape index (κ1) is 8.53. The fourth-order valence-corrected chi connectivity index (χ4v) is 1.03. The third kappa shape index (κ3) is 2.50. The predicted molar refractivity (Wildman–Crippen MR) is 46.4 cm³/mol. The summed E-state index contributed by atoms with van der Waals surface area (Å²) in [6, 6.07) is 1.71. The summed E-state index contributed by atoms with van der Waals surface area (Å²) >= 11 is 4.05. The van der Waals surface area contributed by atoms with Crippen LogP contribution in [-0.4, -0.2) is 10.7 Å². The minimum absolute atomic E-state index is 0.214. The zero-order valence-corrected chi connectivity index (χ0v) is 7.02. The molecule has 60 valence electrons. The van der Waals surface area contributed by atoms with E-state index in [-0.39, 0.29) is 5.82 Å². The van der Waals surface area contributed by atoms with Crippen molar-refractivity contribution in [2.24, 2.45) is 0 Å². The number of aromatic nitrogens is 1. The highest BCUT2D eigenvalue weighted by atomic mass is 32.1. The van der Waals surface area contributed by atoms with E-state index in [4.69, 9.17) is 0 Å². The lowest BCUT2D eigenvalue weighted by Crippen LogP contribution is -1.91. The highest BCUT2D eigenvalue weighted by Gasteiger charge is 1.98.